The third-order valence-electron chi connectivity index (χ3n) is 5.63. The molecule has 1 amide bonds. The molecule has 0 bridgehead atoms. The first-order valence-electron chi connectivity index (χ1n) is 10.4. The quantitative estimate of drug-likeness (QED) is 0.818. The molecule has 148 valence electrons. The number of hydrogen-bond acceptors (Lipinski definition) is 5. The molecule has 0 aliphatic carbocycles. The van der Waals surface area contributed by atoms with Crippen molar-refractivity contribution >= 4 is 11.7 Å². The number of rotatable bonds is 4. The second kappa shape index (κ2) is 8.69. The molecule has 0 radical (unpaired) electrons. The summed E-state index contributed by atoms with van der Waals surface area (Å²) in [6.07, 6.45) is 3.66. The van der Waals surface area contributed by atoms with Crippen molar-refractivity contribution in [3.63, 3.8) is 0 Å². The van der Waals surface area contributed by atoms with E-state index in [4.69, 9.17) is 0 Å². The van der Waals surface area contributed by atoms with E-state index in [0.29, 0.717) is 11.5 Å². The molecule has 2 aliphatic rings. The number of aryl methyl sites for hydroxylation is 1. The van der Waals surface area contributed by atoms with Crippen molar-refractivity contribution in [2.45, 2.75) is 32.7 Å². The predicted octanol–water partition coefficient (Wildman–Crippen LogP) is 2.73. The molecule has 3 heterocycles. The summed E-state index contributed by atoms with van der Waals surface area (Å²) >= 11 is 0. The average molecular weight is 380 g/mol. The molecule has 0 N–H and O–H groups in total. The first-order valence-corrected chi connectivity index (χ1v) is 10.4. The van der Waals surface area contributed by atoms with Gasteiger partial charge < -0.3 is 9.80 Å². The van der Waals surface area contributed by atoms with Gasteiger partial charge >= 0.3 is 0 Å². The van der Waals surface area contributed by atoms with E-state index >= 15 is 0 Å². The molecular formula is C22H29N5O. The van der Waals surface area contributed by atoms with Gasteiger partial charge in [0.05, 0.1) is 0 Å². The number of amides is 1. The highest BCUT2D eigenvalue weighted by Gasteiger charge is 2.24. The number of anilines is 1. The van der Waals surface area contributed by atoms with Crippen molar-refractivity contribution in [1.29, 1.82) is 0 Å². The van der Waals surface area contributed by atoms with Crippen LogP contribution in [0.5, 0.6) is 0 Å². The van der Waals surface area contributed by atoms with E-state index in [9.17, 15) is 4.79 Å². The molecule has 6 heteroatoms. The van der Waals surface area contributed by atoms with Crippen LogP contribution in [0.4, 0.5) is 5.82 Å². The molecule has 28 heavy (non-hydrogen) atoms. The van der Waals surface area contributed by atoms with E-state index in [1.165, 1.54) is 24.8 Å². The second-order valence-electron chi connectivity index (χ2n) is 7.76. The van der Waals surface area contributed by atoms with E-state index in [1.54, 1.807) is 0 Å². The Kier molecular flexibility index (Phi) is 5.86. The first-order chi connectivity index (χ1) is 13.7. The highest BCUT2D eigenvalue weighted by Crippen LogP contribution is 2.20. The Morgan fingerprint density at radius 2 is 1.64 bits per heavy atom. The van der Waals surface area contributed by atoms with Gasteiger partial charge in [-0.25, -0.2) is 9.97 Å². The molecule has 1 aromatic heterocycles. The lowest BCUT2D eigenvalue weighted by atomic mass is 10.1. The number of carbonyl (C=O) groups excluding carboxylic acids is 1. The zero-order chi connectivity index (χ0) is 19.3. The summed E-state index contributed by atoms with van der Waals surface area (Å²) < 4.78 is 0. The fourth-order valence-corrected chi connectivity index (χ4v) is 4.06. The molecule has 1 aromatic carbocycles. The Bertz CT molecular complexity index is 796. The van der Waals surface area contributed by atoms with Crippen molar-refractivity contribution in [1.82, 2.24) is 19.8 Å². The Morgan fingerprint density at radius 1 is 0.929 bits per heavy atom. The molecular weight excluding hydrogens is 350 g/mol. The van der Waals surface area contributed by atoms with Crippen LogP contribution in [0.1, 0.15) is 41.1 Å². The number of benzene rings is 1. The van der Waals surface area contributed by atoms with Crippen LogP contribution in [0, 0.1) is 6.92 Å². The van der Waals surface area contributed by atoms with Crippen LogP contribution >= 0.6 is 0 Å². The van der Waals surface area contributed by atoms with Crippen LogP contribution in [0.2, 0.25) is 0 Å². The van der Waals surface area contributed by atoms with Crippen LogP contribution in [0.3, 0.4) is 0 Å². The molecule has 6 nitrogen and oxygen atoms in total. The zero-order valence-electron chi connectivity index (χ0n) is 16.7. The van der Waals surface area contributed by atoms with Gasteiger partial charge in [-0.05, 0) is 31.7 Å². The molecule has 0 spiro atoms. The smallest absolute Gasteiger partial charge is 0.272 e. The number of carbonyl (C=O) groups is 1. The highest BCUT2D eigenvalue weighted by atomic mass is 16.2. The van der Waals surface area contributed by atoms with Gasteiger partial charge in [0.2, 0.25) is 0 Å². The van der Waals surface area contributed by atoms with Crippen LogP contribution in [0.15, 0.2) is 36.4 Å². The number of piperidine rings is 1. The van der Waals surface area contributed by atoms with Gasteiger partial charge in [0.1, 0.15) is 17.3 Å². The Labute approximate surface area is 167 Å². The topological polar surface area (TPSA) is 52.6 Å². The van der Waals surface area contributed by atoms with E-state index in [-0.39, 0.29) is 5.91 Å². The second-order valence-corrected chi connectivity index (χ2v) is 7.76. The summed E-state index contributed by atoms with van der Waals surface area (Å²) in [5, 5.41) is 0. The molecule has 2 fully saturated rings. The van der Waals surface area contributed by atoms with Crippen molar-refractivity contribution in [3.8, 4) is 0 Å². The Balaban J connectivity index is 1.39. The largest absolute Gasteiger partial charge is 0.356 e. The molecule has 2 saturated heterocycles. The molecule has 2 aromatic rings. The lowest BCUT2D eigenvalue weighted by molar-refractivity contribution is 0.0622. The summed E-state index contributed by atoms with van der Waals surface area (Å²) in [4.78, 5) is 28.7. The highest BCUT2D eigenvalue weighted by molar-refractivity contribution is 5.93. The van der Waals surface area contributed by atoms with E-state index in [1.807, 2.05) is 24.0 Å². The van der Waals surface area contributed by atoms with Crippen molar-refractivity contribution in [3.05, 3.63) is 53.5 Å². The number of piperazine rings is 1. The Morgan fingerprint density at radius 3 is 2.36 bits per heavy atom. The SMILES string of the molecule is Cc1nc(C(=O)N2CCN(Cc3ccccc3)CC2)cc(N2CCCCC2)n1. The lowest BCUT2D eigenvalue weighted by Gasteiger charge is -2.34. The zero-order valence-corrected chi connectivity index (χ0v) is 16.7. The average Bonchev–Trinajstić information content (AvgIpc) is 2.75. The van der Waals surface area contributed by atoms with Gasteiger partial charge in [-0.2, -0.15) is 0 Å². The Hall–Kier alpha value is -2.47. The number of hydrogen-bond donors (Lipinski definition) is 0. The molecule has 0 saturated carbocycles. The minimum Gasteiger partial charge on any atom is -0.356 e. The molecule has 4 rings (SSSR count). The van der Waals surface area contributed by atoms with Gasteiger partial charge in [-0.3, -0.25) is 9.69 Å². The van der Waals surface area contributed by atoms with Crippen molar-refractivity contribution in [2.75, 3.05) is 44.2 Å². The normalized spacial score (nSPS) is 18.3. The van der Waals surface area contributed by atoms with E-state index in [2.05, 4.69) is 44.0 Å². The maximum atomic E-state index is 13.1. The molecule has 0 atom stereocenters. The maximum Gasteiger partial charge on any atom is 0.272 e. The van der Waals surface area contributed by atoms with E-state index < -0.39 is 0 Å². The fraction of sp³-hybridized carbons (Fsp3) is 0.500. The number of aromatic nitrogens is 2. The lowest BCUT2D eigenvalue weighted by Crippen LogP contribution is -2.48. The van der Waals surface area contributed by atoms with Gasteiger partial charge in [0, 0.05) is 51.9 Å². The molecule has 0 unspecified atom stereocenters. The minimum atomic E-state index is 0.0307. The fourth-order valence-electron chi connectivity index (χ4n) is 4.06. The van der Waals surface area contributed by atoms with Gasteiger partial charge in [0.15, 0.2) is 0 Å². The maximum absolute atomic E-state index is 13.1. The van der Waals surface area contributed by atoms with Crippen LogP contribution in [0.25, 0.3) is 0 Å². The summed E-state index contributed by atoms with van der Waals surface area (Å²) in [5.74, 6) is 1.61. The van der Waals surface area contributed by atoms with Gasteiger partial charge in [-0.1, -0.05) is 30.3 Å². The van der Waals surface area contributed by atoms with Crippen LogP contribution < -0.4 is 4.90 Å². The van der Waals surface area contributed by atoms with Gasteiger partial charge in [-0.15, -0.1) is 0 Å². The van der Waals surface area contributed by atoms with Crippen molar-refractivity contribution in [2.24, 2.45) is 0 Å². The van der Waals surface area contributed by atoms with Gasteiger partial charge in [0.25, 0.3) is 5.91 Å². The summed E-state index contributed by atoms with van der Waals surface area (Å²) in [7, 11) is 0. The van der Waals surface area contributed by atoms with Crippen LogP contribution in [-0.4, -0.2) is 64.9 Å². The molecule has 2 aliphatic heterocycles. The van der Waals surface area contributed by atoms with Crippen LogP contribution in [-0.2, 0) is 6.54 Å². The minimum absolute atomic E-state index is 0.0307. The monoisotopic (exact) mass is 379 g/mol. The van der Waals surface area contributed by atoms with E-state index in [0.717, 1.165) is 51.6 Å². The predicted molar refractivity (Wildman–Crippen MR) is 110 cm³/mol. The summed E-state index contributed by atoms with van der Waals surface area (Å²) in [6, 6.07) is 12.4. The van der Waals surface area contributed by atoms with Crippen molar-refractivity contribution < 1.29 is 4.79 Å². The summed E-state index contributed by atoms with van der Waals surface area (Å²) in [5.41, 5.74) is 1.85. The standard InChI is InChI=1S/C22H29N5O/c1-18-23-20(16-21(24-18)26-10-6-3-7-11-26)22(28)27-14-12-25(13-15-27)17-19-8-4-2-5-9-19/h2,4-5,8-9,16H,3,6-7,10-15,17H2,1H3. The number of nitrogens with zero attached hydrogens (tertiary/aromatic N) is 5. The summed E-state index contributed by atoms with van der Waals surface area (Å²) in [6.45, 7) is 8.12. The third kappa shape index (κ3) is 4.50. The first kappa shape index (κ1) is 18.9. The third-order valence-corrected chi connectivity index (χ3v) is 5.63.